The minimum absolute atomic E-state index is 0.0374. The minimum atomic E-state index is -0.0374. The minimum Gasteiger partial charge on any atom is -0.507 e. The third-order valence-corrected chi connectivity index (χ3v) is 4.79. The number of hydrogen-bond donors (Lipinski definition) is 1. The first kappa shape index (κ1) is 15.3. The molecule has 1 saturated carbocycles. The van der Waals surface area contributed by atoms with Crippen molar-refractivity contribution in [2.75, 3.05) is 26.2 Å². The first-order valence-corrected chi connectivity index (χ1v) is 8.43. The number of phenolic OH excluding ortho intramolecular Hbond substituents is 1. The molecule has 3 rings (SSSR count). The van der Waals surface area contributed by atoms with Gasteiger partial charge in [0.25, 0.3) is 5.91 Å². The number of phenols is 1. The molecule has 1 aliphatic heterocycles. The van der Waals surface area contributed by atoms with Crippen LogP contribution in [-0.2, 0) is 6.42 Å². The average molecular weight is 302 g/mol. The van der Waals surface area contributed by atoms with E-state index in [9.17, 15) is 9.90 Å². The van der Waals surface area contributed by atoms with Crippen LogP contribution in [0.25, 0.3) is 0 Å². The second-order valence-electron chi connectivity index (χ2n) is 6.79. The van der Waals surface area contributed by atoms with E-state index in [2.05, 4.69) is 11.8 Å². The Labute approximate surface area is 132 Å². The van der Waals surface area contributed by atoms with Gasteiger partial charge in [-0.05, 0) is 42.9 Å². The monoisotopic (exact) mass is 302 g/mol. The second kappa shape index (κ2) is 6.29. The van der Waals surface area contributed by atoms with E-state index in [-0.39, 0.29) is 11.7 Å². The molecular weight excluding hydrogens is 276 g/mol. The number of aromatic hydroxyl groups is 1. The van der Waals surface area contributed by atoms with E-state index in [1.165, 1.54) is 12.8 Å². The summed E-state index contributed by atoms with van der Waals surface area (Å²) in [7, 11) is 0. The number of hydrogen-bond acceptors (Lipinski definition) is 3. The highest BCUT2D eigenvalue weighted by Crippen LogP contribution is 2.29. The zero-order chi connectivity index (χ0) is 15.7. The normalized spacial score (nSPS) is 23.4. The molecule has 1 amide bonds. The van der Waals surface area contributed by atoms with Crippen LogP contribution in [0.1, 0.15) is 42.6 Å². The second-order valence-corrected chi connectivity index (χ2v) is 6.79. The van der Waals surface area contributed by atoms with Crippen molar-refractivity contribution >= 4 is 5.91 Å². The maximum Gasteiger partial charge on any atom is 0.257 e. The summed E-state index contributed by atoms with van der Waals surface area (Å²) in [6.45, 7) is 7.82. The first-order chi connectivity index (χ1) is 10.6. The van der Waals surface area contributed by atoms with Gasteiger partial charge in [0.2, 0.25) is 0 Å². The zero-order valence-corrected chi connectivity index (χ0v) is 13.6. The molecule has 2 aliphatic rings. The molecule has 0 aromatic heterocycles. The number of aryl methyl sites for hydroxylation is 1. The predicted octanol–water partition coefficient (Wildman–Crippen LogP) is 2.51. The SMILES string of the molecule is CCc1ccc(C(=O)N2CCN(C3CC3)CC(C)C2)c(O)c1. The molecular formula is C18H26N2O2. The van der Waals surface area contributed by atoms with E-state index in [0.29, 0.717) is 11.5 Å². The summed E-state index contributed by atoms with van der Waals surface area (Å²) in [5.74, 6) is 0.550. The van der Waals surface area contributed by atoms with Gasteiger partial charge < -0.3 is 10.0 Å². The first-order valence-electron chi connectivity index (χ1n) is 8.43. The summed E-state index contributed by atoms with van der Waals surface area (Å²) in [5, 5.41) is 10.2. The largest absolute Gasteiger partial charge is 0.507 e. The van der Waals surface area contributed by atoms with Gasteiger partial charge in [0.05, 0.1) is 5.56 Å². The third-order valence-electron chi connectivity index (χ3n) is 4.79. The Morgan fingerprint density at radius 2 is 2.05 bits per heavy atom. The van der Waals surface area contributed by atoms with E-state index in [0.717, 1.165) is 44.2 Å². The van der Waals surface area contributed by atoms with E-state index < -0.39 is 0 Å². The molecule has 1 saturated heterocycles. The molecule has 1 aromatic rings. The lowest BCUT2D eigenvalue weighted by Crippen LogP contribution is -2.36. The number of amides is 1. The highest BCUT2D eigenvalue weighted by Gasteiger charge is 2.33. The Morgan fingerprint density at radius 3 is 2.68 bits per heavy atom. The van der Waals surface area contributed by atoms with Crippen molar-refractivity contribution in [2.24, 2.45) is 5.92 Å². The molecule has 2 fully saturated rings. The number of nitrogens with zero attached hydrogens (tertiary/aromatic N) is 2. The van der Waals surface area contributed by atoms with Gasteiger partial charge in [-0.15, -0.1) is 0 Å². The van der Waals surface area contributed by atoms with Crippen LogP contribution in [0.2, 0.25) is 0 Å². The van der Waals surface area contributed by atoms with Crippen LogP contribution >= 0.6 is 0 Å². The van der Waals surface area contributed by atoms with Gasteiger partial charge in [-0.2, -0.15) is 0 Å². The lowest BCUT2D eigenvalue weighted by molar-refractivity contribution is 0.0745. The summed E-state index contributed by atoms with van der Waals surface area (Å²) in [4.78, 5) is 17.2. The number of carbonyl (C=O) groups is 1. The highest BCUT2D eigenvalue weighted by atomic mass is 16.3. The molecule has 1 N–H and O–H groups in total. The van der Waals surface area contributed by atoms with Gasteiger partial charge in [0.1, 0.15) is 5.75 Å². The summed E-state index contributed by atoms with van der Waals surface area (Å²) < 4.78 is 0. The summed E-state index contributed by atoms with van der Waals surface area (Å²) >= 11 is 0. The van der Waals surface area contributed by atoms with Gasteiger partial charge in [-0.25, -0.2) is 0 Å². The van der Waals surface area contributed by atoms with Crippen LogP contribution in [-0.4, -0.2) is 53.0 Å². The van der Waals surface area contributed by atoms with Crippen molar-refractivity contribution in [3.8, 4) is 5.75 Å². The molecule has 0 bridgehead atoms. The molecule has 4 nitrogen and oxygen atoms in total. The molecule has 1 atom stereocenters. The Morgan fingerprint density at radius 1 is 1.27 bits per heavy atom. The van der Waals surface area contributed by atoms with E-state index >= 15 is 0 Å². The van der Waals surface area contributed by atoms with E-state index in [1.54, 1.807) is 12.1 Å². The number of benzene rings is 1. The lowest BCUT2D eigenvalue weighted by Gasteiger charge is -2.23. The number of carbonyl (C=O) groups excluding carboxylic acids is 1. The van der Waals surface area contributed by atoms with E-state index in [1.807, 2.05) is 17.9 Å². The van der Waals surface area contributed by atoms with Crippen molar-refractivity contribution in [2.45, 2.75) is 39.2 Å². The van der Waals surface area contributed by atoms with Crippen molar-refractivity contribution in [1.29, 1.82) is 0 Å². The molecule has 1 unspecified atom stereocenters. The fourth-order valence-electron chi connectivity index (χ4n) is 3.37. The fraction of sp³-hybridized carbons (Fsp3) is 0.611. The molecule has 1 aromatic carbocycles. The number of rotatable bonds is 3. The third kappa shape index (κ3) is 3.27. The predicted molar refractivity (Wildman–Crippen MR) is 87.1 cm³/mol. The van der Waals surface area contributed by atoms with Crippen LogP contribution in [0.15, 0.2) is 18.2 Å². The van der Waals surface area contributed by atoms with Crippen molar-refractivity contribution in [1.82, 2.24) is 9.80 Å². The van der Waals surface area contributed by atoms with Gasteiger partial charge in [-0.1, -0.05) is 19.9 Å². The van der Waals surface area contributed by atoms with Crippen LogP contribution in [0.4, 0.5) is 0 Å². The van der Waals surface area contributed by atoms with E-state index in [4.69, 9.17) is 0 Å². The molecule has 0 radical (unpaired) electrons. The Bertz CT molecular complexity index is 554. The zero-order valence-electron chi connectivity index (χ0n) is 13.6. The van der Waals surface area contributed by atoms with Crippen LogP contribution < -0.4 is 0 Å². The standard InChI is InChI=1S/C18H26N2O2/c1-3-14-4-7-16(17(21)10-14)18(22)20-9-8-19(15-5-6-15)11-13(2)12-20/h4,7,10,13,15,21H,3,5-6,8-9,11-12H2,1-2H3. The fourth-order valence-corrected chi connectivity index (χ4v) is 3.37. The highest BCUT2D eigenvalue weighted by molar-refractivity contribution is 5.97. The van der Waals surface area contributed by atoms with Crippen LogP contribution in [0.3, 0.4) is 0 Å². The van der Waals surface area contributed by atoms with Crippen molar-refractivity contribution in [3.63, 3.8) is 0 Å². The van der Waals surface area contributed by atoms with Crippen LogP contribution in [0.5, 0.6) is 5.75 Å². The Kier molecular flexibility index (Phi) is 4.39. The summed E-state index contributed by atoms with van der Waals surface area (Å²) in [5.41, 5.74) is 1.49. The van der Waals surface area contributed by atoms with Crippen molar-refractivity contribution in [3.05, 3.63) is 29.3 Å². The maximum absolute atomic E-state index is 12.8. The average Bonchev–Trinajstić information content (AvgIpc) is 3.33. The molecule has 0 spiro atoms. The topological polar surface area (TPSA) is 43.8 Å². The van der Waals surface area contributed by atoms with Gasteiger partial charge in [0.15, 0.2) is 0 Å². The Hall–Kier alpha value is -1.55. The molecule has 120 valence electrons. The summed E-state index contributed by atoms with van der Waals surface area (Å²) in [6, 6.07) is 6.16. The van der Waals surface area contributed by atoms with Gasteiger partial charge >= 0.3 is 0 Å². The van der Waals surface area contributed by atoms with Gasteiger partial charge in [-0.3, -0.25) is 9.69 Å². The molecule has 1 aliphatic carbocycles. The van der Waals surface area contributed by atoms with Crippen LogP contribution in [0, 0.1) is 5.92 Å². The Balaban J connectivity index is 1.73. The maximum atomic E-state index is 12.8. The molecule has 1 heterocycles. The lowest BCUT2D eigenvalue weighted by atomic mass is 10.1. The molecule has 22 heavy (non-hydrogen) atoms. The smallest absolute Gasteiger partial charge is 0.257 e. The van der Waals surface area contributed by atoms with Gasteiger partial charge in [0, 0.05) is 32.2 Å². The molecule has 4 heteroatoms. The van der Waals surface area contributed by atoms with Crippen molar-refractivity contribution < 1.29 is 9.90 Å². The quantitative estimate of drug-likeness (QED) is 0.933. The summed E-state index contributed by atoms with van der Waals surface area (Å²) in [6.07, 6.45) is 3.47.